The van der Waals surface area contributed by atoms with E-state index in [0.717, 1.165) is 18.4 Å². The number of benzene rings is 1. The summed E-state index contributed by atoms with van der Waals surface area (Å²) in [6.45, 7) is 1.87. The first-order valence-electron chi connectivity index (χ1n) is 7.44. The van der Waals surface area contributed by atoms with Crippen LogP contribution in [0.25, 0.3) is 0 Å². The van der Waals surface area contributed by atoms with E-state index in [2.05, 4.69) is 0 Å². The maximum absolute atomic E-state index is 9.73. The Bertz CT molecular complexity index is 419. The second kappa shape index (κ2) is 7.75. The summed E-state index contributed by atoms with van der Waals surface area (Å²) in [5.74, 6) is 0.266. The lowest BCUT2D eigenvalue weighted by molar-refractivity contribution is -0.236. The van der Waals surface area contributed by atoms with Gasteiger partial charge in [-0.25, -0.2) is 0 Å². The highest BCUT2D eigenvalue weighted by Crippen LogP contribution is 2.22. The number of hydrogen-bond donors (Lipinski definition) is 3. The zero-order chi connectivity index (χ0) is 15.2. The van der Waals surface area contributed by atoms with Crippen LogP contribution in [0.1, 0.15) is 31.7 Å². The molecule has 0 saturated carbocycles. The van der Waals surface area contributed by atoms with Crippen molar-refractivity contribution in [3.8, 4) is 5.75 Å². The lowest BCUT2D eigenvalue weighted by Crippen LogP contribution is -2.40. The molecule has 0 unspecified atom stereocenters. The van der Waals surface area contributed by atoms with Crippen molar-refractivity contribution in [2.75, 3.05) is 6.61 Å². The smallest absolute Gasteiger partial charge is 0.160 e. The maximum Gasteiger partial charge on any atom is 0.160 e. The Labute approximate surface area is 125 Å². The van der Waals surface area contributed by atoms with Crippen LogP contribution in [0, 0.1) is 0 Å². The monoisotopic (exact) mass is 296 g/mol. The van der Waals surface area contributed by atoms with Crippen molar-refractivity contribution < 1.29 is 24.8 Å². The summed E-state index contributed by atoms with van der Waals surface area (Å²) in [4.78, 5) is 0. The van der Waals surface area contributed by atoms with Gasteiger partial charge in [-0.1, -0.05) is 12.1 Å². The number of aliphatic hydroxyl groups is 2. The molecule has 1 fully saturated rings. The summed E-state index contributed by atoms with van der Waals surface area (Å²) in [6.07, 6.45) is 1.28. The lowest BCUT2D eigenvalue weighted by atomic mass is 10.1. The van der Waals surface area contributed by atoms with Gasteiger partial charge in [-0.2, -0.15) is 0 Å². The third-order valence-electron chi connectivity index (χ3n) is 3.71. The van der Waals surface area contributed by atoms with Gasteiger partial charge in [0.15, 0.2) is 6.29 Å². The molecular formula is C16H24O5. The van der Waals surface area contributed by atoms with E-state index in [-0.39, 0.29) is 24.6 Å². The van der Waals surface area contributed by atoms with Gasteiger partial charge in [0.05, 0.1) is 24.9 Å². The average Bonchev–Trinajstić information content (AvgIpc) is 2.46. The Morgan fingerprint density at radius 2 is 2.00 bits per heavy atom. The average molecular weight is 296 g/mol. The summed E-state index contributed by atoms with van der Waals surface area (Å²) >= 11 is 0. The molecule has 1 aliphatic heterocycles. The number of rotatable bonds is 6. The van der Waals surface area contributed by atoms with Gasteiger partial charge >= 0.3 is 0 Å². The van der Waals surface area contributed by atoms with Crippen LogP contribution in [0.3, 0.4) is 0 Å². The summed E-state index contributed by atoms with van der Waals surface area (Å²) in [7, 11) is 0. The molecule has 3 N–H and O–H groups in total. The van der Waals surface area contributed by atoms with Crippen molar-refractivity contribution in [2.24, 2.45) is 0 Å². The van der Waals surface area contributed by atoms with Crippen LogP contribution in [0.5, 0.6) is 5.75 Å². The minimum absolute atomic E-state index is 0.00607. The number of aliphatic hydroxyl groups excluding tert-OH is 2. The van der Waals surface area contributed by atoms with Crippen molar-refractivity contribution in [2.45, 2.75) is 57.2 Å². The summed E-state index contributed by atoms with van der Waals surface area (Å²) in [5, 5.41) is 28.1. The van der Waals surface area contributed by atoms with Crippen molar-refractivity contribution in [1.29, 1.82) is 0 Å². The molecule has 0 bridgehead atoms. The first-order chi connectivity index (χ1) is 10.1. The van der Waals surface area contributed by atoms with E-state index in [1.165, 1.54) is 0 Å². The molecule has 1 aromatic carbocycles. The summed E-state index contributed by atoms with van der Waals surface area (Å²) in [5.41, 5.74) is 1.14. The van der Waals surface area contributed by atoms with E-state index < -0.39 is 12.4 Å². The van der Waals surface area contributed by atoms with Gasteiger partial charge in [-0.3, -0.25) is 0 Å². The third kappa shape index (κ3) is 5.28. The normalized spacial score (nSPS) is 27.5. The topological polar surface area (TPSA) is 79.2 Å². The number of aryl methyl sites for hydroxylation is 1. The lowest BCUT2D eigenvalue weighted by Gasteiger charge is -2.33. The first kappa shape index (κ1) is 16.2. The van der Waals surface area contributed by atoms with E-state index in [0.29, 0.717) is 12.8 Å². The third-order valence-corrected chi connectivity index (χ3v) is 3.71. The van der Waals surface area contributed by atoms with Crippen LogP contribution in [0.4, 0.5) is 0 Å². The summed E-state index contributed by atoms with van der Waals surface area (Å²) in [6, 6.07) is 7.13. The Morgan fingerprint density at radius 3 is 2.67 bits per heavy atom. The fourth-order valence-electron chi connectivity index (χ4n) is 2.51. The van der Waals surface area contributed by atoms with Crippen LogP contribution in [0.2, 0.25) is 0 Å². The second-order valence-corrected chi connectivity index (χ2v) is 5.65. The molecule has 0 spiro atoms. The molecule has 118 valence electrons. The minimum atomic E-state index is -0.481. The quantitative estimate of drug-likeness (QED) is 0.743. The standard InChI is InChI=1S/C16H24O5/c1-11(2-3-12-4-6-13(18)7-5-12)20-16-9-14(19)8-15(10-17)21-16/h4-7,11,14-19H,2-3,8-10H2,1H3/t11-,14-,15-,16+/m0/s1. The van der Waals surface area contributed by atoms with Gasteiger partial charge in [0, 0.05) is 12.8 Å². The highest BCUT2D eigenvalue weighted by Gasteiger charge is 2.29. The van der Waals surface area contributed by atoms with Crippen LogP contribution < -0.4 is 0 Å². The van der Waals surface area contributed by atoms with E-state index >= 15 is 0 Å². The highest BCUT2D eigenvalue weighted by molar-refractivity contribution is 5.25. The molecule has 1 saturated heterocycles. The van der Waals surface area contributed by atoms with Crippen LogP contribution in [-0.2, 0) is 15.9 Å². The Balaban J connectivity index is 1.75. The molecule has 5 nitrogen and oxygen atoms in total. The zero-order valence-electron chi connectivity index (χ0n) is 12.3. The highest BCUT2D eigenvalue weighted by atomic mass is 16.7. The fourth-order valence-corrected chi connectivity index (χ4v) is 2.51. The number of phenols is 1. The van der Waals surface area contributed by atoms with Gasteiger partial charge in [-0.05, 0) is 37.5 Å². The zero-order valence-corrected chi connectivity index (χ0v) is 12.3. The van der Waals surface area contributed by atoms with Crippen molar-refractivity contribution in [3.05, 3.63) is 29.8 Å². The molecule has 2 rings (SSSR count). The second-order valence-electron chi connectivity index (χ2n) is 5.65. The molecule has 0 aliphatic carbocycles. The Kier molecular flexibility index (Phi) is 5.99. The SMILES string of the molecule is C[C@@H](CCc1ccc(O)cc1)O[C@H]1C[C@@H](O)C[C@@H](CO)O1. The predicted molar refractivity (Wildman–Crippen MR) is 78.0 cm³/mol. The van der Waals surface area contributed by atoms with Crippen LogP contribution in [-0.4, -0.2) is 46.5 Å². The maximum atomic E-state index is 9.73. The van der Waals surface area contributed by atoms with E-state index in [4.69, 9.17) is 14.6 Å². The molecule has 0 radical (unpaired) electrons. The molecular weight excluding hydrogens is 272 g/mol. The largest absolute Gasteiger partial charge is 0.508 e. The first-order valence-corrected chi connectivity index (χ1v) is 7.44. The van der Waals surface area contributed by atoms with Gasteiger partial charge in [0.2, 0.25) is 0 Å². The molecule has 1 aliphatic rings. The molecule has 4 atom stereocenters. The fraction of sp³-hybridized carbons (Fsp3) is 0.625. The summed E-state index contributed by atoms with van der Waals surface area (Å²) < 4.78 is 11.4. The van der Waals surface area contributed by atoms with Gasteiger partial charge in [0.25, 0.3) is 0 Å². The van der Waals surface area contributed by atoms with Gasteiger partial charge < -0.3 is 24.8 Å². The van der Waals surface area contributed by atoms with Crippen LogP contribution in [0.15, 0.2) is 24.3 Å². The van der Waals surface area contributed by atoms with E-state index in [9.17, 15) is 10.2 Å². The molecule has 0 aromatic heterocycles. The number of aromatic hydroxyl groups is 1. The van der Waals surface area contributed by atoms with Crippen molar-refractivity contribution >= 4 is 0 Å². The Morgan fingerprint density at radius 1 is 1.29 bits per heavy atom. The van der Waals surface area contributed by atoms with Crippen molar-refractivity contribution in [1.82, 2.24) is 0 Å². The molecule has 1 heterocycles. The Hall–Kier alpha value is -1.14. The molecule has 21 heavy (non-hydrogen) atoms. The predicted octanol–water partition coefficient (Wildman–Crippen LogP) is 1.59. The number of phenolic OH excluding ortho intramolecular Hbond substituents is 1. The molecule has 0 amide bonds. The molecule has 5 heteroatoms. The van der Waals surface area contributed by atoms with Gasteiger partial charge in [0.1, 0.15) is 5.75 Å². The van der Waals surface area contributed by atoms with E-state index in [1.54, 1.807) is 12.1 Å². The van der Waals surface area contributed by atoms with Crippen molar-refractivity contribution in [3.63, 3.8) is 0 Å². The number of hydrogen-bond acceptors (Lipinski definition) is 5. The minimum Gasteiger partial charge on any atom is -0.508 e. The van der Waals surface area contributed by atoms with Crippen LogP contribution >= 0.6 is 0 Å². The molecule has 1 aromatic rings. The van der Waals surface area contributed by atoms with E-state index in [1.807, 2.05) is 19.1 Å². The van der Waals surface area contributed by atoms with Gasteiger partial charge in [-0.15, -0.1) is 0 Å². The number of ether oxygens (including phenoxy) is 2.